The van der Waals surface area contributed by atoms with Crippen LogP contribution in [0, 0.1) is 25.7 Å². The quantitative estimate of drug-likeness (QED) is 0.353. The van der Waals surface area contributed by atoms with Crippen molar-refractivity contribution in [3.63, 3.8) is 0 Å². The molecule has 1 N–H and O–H groups in total. The number of ether oxygens (including phenoxy) is 1. The van der Waals surface area contributed by atoms with E-state index in [1.807, 2.05) is 12.1 Å². The number of H-pyrrole nitrogens is 1. The molecule has 0 radical (unpaired) electrons. The number of nitrogens with one attached hydrogen (secondary N) is 1. The van der Waals surface area contributed by atoms with E-state index in [2.05, 4.69) is 76.9 Å². The summed E-state index contributed by atoms with van der Waals surface area (Å²) in [5, 5.41) is 14.3. The van der Waals surface area contributed by atoms with Crippen LogP contribution in [0.3, 0.4) is 0 Å². The molecule has 1 saturated carbocycles. The van der Waals surface area contributed by atoms with Gasteiger partial charge in [0.15, 0.2) is 5.78 Å². The highest BCUT2D eigenvalue weighted by molar-refractivity contribution is 6.04. The number of nitrogens with zero attached hydrogens (tertiary/aromatic N) is 3. The highest BCUT2D eigenvalue weighted by Crippen LogP contribution is 2.43. The molecule has 1 heterocycles. The van der Waals surface area contributed by atoms with Gasteiger partial charge in [-0.25, -0.2) is 0 Å². The summed E-state index contributed by atoms with van der Waals surface area (Å²) in [6.45, 7) is 4.62. The summed E-state index contributed by atoms with van der Waals surface area (Å²) in [6, 6.07) is 18.6. The molecule has 0 amide bonds. The Kier molecular flexibility index (Phi) is 5.88. The van der Waals surface area contributed by atoms with E-state index in [1.54, 1.807) is 0 Å². The number of hydrogen-bond acceptors (Lipinski definition) is 5. The molecule has 1 unspecified atom stereocenters. The van der Waals surface area contributed by atoms with E-state index >= 15 is 0 Å². The molecule has 1 atom stereocenters. The summed E-state index contributed by atoms with van der Waals surface area (Å²) in [4.78, 5) is 13.3. The van der Waals surface area contributed by atoms with E-state index in [1.165, 1.54) is 31.2 Å². The third kappa shape index (κ3) is 4.11. The molecule has 6 heteroatoms. The first-order valence-electron chi connectivity index (χ1n) is 12.8. The highest BCUT2D eigenvalue weighted by Gasteiger charge is 2.39. The molecule has 182 valence electrons. The van der Waals surface area contributed by atoms with Gasteiger partial charge in [-0.05, 0) is 95.8 Å². The number of aromatic amines is 1. The molecule has 1 aromatic heterocycles. The maximum Gasteiger partial charge on any atom is 0.204 e. The van der Waals surface area contributed by atoms with Gasteiger partial charge in [-0.1, -0.05) is 49.2 Å². The SMILES string of the molecule is Cc1c(OCc2cccc(-c3cccc(-c4nn[nH]n4)c3)c2)cc2c(c1C)C(=O)C(C1CCCC1)C2. The number of aromatic nitrogens is 4. The van der Waals surface area contributed by atoms with Crippen molar-refractivity contribution in [1.82, 2.24) is 20.6 Å². The molecule has 2 aliphatic carbocycles. The molecule has 36 heavy (non-hydrogen) atoms. The Balaban J connectivity index is 1.22. The Labute approximate surface area is 211 Å². The first kappa shape index (κ1) is 22.7. The lowest BCUT2D eigenvalue weighted by atomic mass is 9.87. The number of carbonyl (C=O) groups excluding carboxylic acids is 1. The van der Waals surface area contributed by atoms with Gasteiger partial charge in [0.1, 0.15) is 12.4 Å². The van der Waals surface area contributed by atoms with Crippen LogP contribution in [0.25, 0.3) is 22.5 Å². The normalized spacial score (nSPS) is 17.5. The van der Waals surface area contributed by atoms with Crippen molar-refractivity contribution in [2.45, 2.75) is 52.6 Å². The van der Waals surface area contributed by atoms with Crippen molar-refractivity contribution >= 4 is 5.78 Å². The number of hydrogen-bond donors (Lipinski definition) is 1. The zero-order valence-corrected chi connectivity index (χ0v) is 20.8. The van der Waals surface area contributed by atoms with Crippen molar-refractivity contribution in [1.29, 1.82) is 0 Å². The summed E-state index contributed by atoms with van der Waals surface area (Å²) >= 11 is 0. The van der Waals surface area contributed by atoms with Gasteiger partial charge in [0.2, 0.25) is 5.82 Å². The molecule has 6 nitrogen and oxygen atoms in total. The van der Waals surface area contributed by atoms with Crippen LogP contribution in [0.1, 0.15) is 58.3 Å². The van der Waals surface area contributed by atoms with Crippen molar-refractivity contribution < 1.29 is 9.53 Å². The summed E-state index contributed by atoms with van der Waals surface area (Å²) in [7, 11) is 0. The van der Waals surface area contributed by atoms with Gasteiger partial charge >= 0.3 is 0 Å². The molecule has 0 bridgehead atoms. The molecule has 0 saturated heterocycles. The second-order valence-electron chi connectivity index (χ2n) is 10.2. The first-order chi connectivity index (χ1) is 17.6. The predicted molar refractivity (Wildman–Crippen MR) is 139 cm³/mol. The van der Waals surface area contributed by atoms with Gasteiger partial charge in [0.25, 0.3) is 0 Å². The van der Waals surface area contributed by atoms with Crippen molar-refractivity contribution in [2.24, 2.45) is 11.8 Å². The van der Waals surface area contributed by atoms with Crippen molar-refractivity contribution in [2.75, 3.05) is 0 Å². The van der Waals surface area contributed by atoms with Crippen LogP contribution in [-0.4, -0.2) is 26.4 Å². The third-order valence-corrected chi connectivity index (χ3v) is 8.05. The van der Waals surface area contributed by atoms with Gasteiger partial charge < -0.3 is 4.74 Å². The summed E-state index contributed by atoms with van der Waals surface area (Å²) in [5.41, 5.74) is 8.47. The number of fused-ring (bicyclic) bond motifs is 1. The largest absolute Gasteiger partial charge is 0.489 e. The molecule has 0 aliphatic heterocycles. The fourth-order valence-electron chi connectivity index (χ4n) is 5.98. The van der Waals surface area contributed by atoms with Gasteiger partial charge in [-0.3, -0.25) is 4.79 Å². The third-order valence-electron chi connectivity index (χ3n) is 8.05. The molecule has 6 rings (SSSR count). The smallest absolute Gasteiger partial charge is 0.204 e. The van der Waals surface area contributed by atoms with Crippen LogP contribution in [0.4, 0.5) is 0 Å². The Hall–Kier alpha value is -3.80. The molecule has 1 fully saturated rings. The van der Waals surface area contributed by atoms with E-state index in [4.69, 9.17) is 4.74 Å². The van der Waals surface area contributed by atoms with Gasteiger partial charge in [-0.15, -0.1) is 10.2 Å². The van der Waals surface area contributed by atoms with Crippen molar-refractivity contribution in [3.05, 3.63) is 82.4 Å². The molecular formula is C30H30N4O2. The summed E-state index contributed by atoms with van der Waals surface area (Å²) in [5.74, 6) is 2.54. The molecule has 4 aromatic rings. The fraction of sp³-hybridized carbons (Fsp3) is 0.333. The summed E-state index contributed by atoms with van der Waals surface area (Å²) in [6.07, 6.45) is 5.78. The Morgan fingerprint density at radius 1 is 0.944 bits per heavy atom. The van der Waals surface area contributed by atoms with Gasteiger partial charge in [0, 0.05) is 17.0 Å². The van der Waals surface area contributed by atoms with Crippen molar-refractivity contribution in [3.8, 4) is 28.3 Å². The lowest BCUT2D eigenvalue weighted by Crippen LogP contribution is -2.18. The van der Waals surface area contributed by atoms with Crippen LogP contribution in [-0.2, 0) is 13.0 Å². The number of carbonyl (C=O) groups is 1. The minimum Gasteiger partial charge on any atom is -0.489 e. The topological polar surface area (TPSA) is 80.8 Å². The minimum absolute atomic E-state index is 0.163. The number of ketones is 1. The average Bonchev–Trinajstić information content (AvgIpc) is 3.68. The monoisotopic (exact) mass is 478 g/mol. The zero-order chi connectivity index (χ0) is 24.6. The van der Waals surface area contributed by atoms with E-state index in [0.29, 0.717) is 24.1 Å². The highest BCUT2D eigenvalue weighted by atomic mass is 16.5. The number of rotatable bonds is 6. The van der Waals surface area contributed by atoms with Crippen LogP contribution >= 0.6 is 0 Å². The van der Waals surface area contributed by atoms with Gasteiger partial charge in [0.05, 0.1) is 0 Å². The standard InChI is InChI=1S/C30H30N4O2/c1-18-19(2)28-25(15-26(29(28)35)21-8-3-4-9-21)16-27(18)36-17-20-7-5-10-22(13-20)23-11-6-12-24(14-23)30-31-33-34-32-30/h5-7,10-14,16,21,26H,3-4,8-9,15,17H2,1-2H3,(H,31,32,33,34). The van der Waals surface area contributed by atoms with Crippen LogP contribution in [0.5, 0.6) is 5.75 Å². The predicted octanol–water partition coefficient (Wildman–Crippen LogP) is 6.27. The van der Waals surface area contributed by atoms with Gasteiger partial charge in [-0.2, -0.15) is 5.21 Å². The lowest BCUT2D eigenvalue weighted by molar-refractivity contribution is 0.0894. The summed E-state index contributed by atoms with van der Waals surface area (Å²) < 4.78 is 6.35. The average molecular weight is 479 g/mol. The zero-order valence-electron chi connectivity index (χ0n) is 20.8. The number of Topliss-reactive ketones (excluding diaryl/α,β-unsaturated/α-hetero) is 1. The maximum absolute atomic E-state index is 13.3. The van der Waals surface area contributed by atoms with Crippen LogP contribution in [0.2, 0.25) is 0 Å². The molecular weight excluding hydrogens is 448 g/mol. The second-order valence-corrected chi connectivity index (χ2v) is 10.2. The minimum atomic E-state index is 0.163. The second kappa shape index (κ2) is 9.34. The first-order valence-corrected chi connectivity index (χ1v) is 12.8. The van der Waals surface area contributed by atoms with E-state index in [-0.39, 0.29) is 5.92 Å². The lowest BCUT2D eigenvalue weighted by Gasteiger charge is -2.16. The Morgan fingerprint density at radius 3 is 2.47 bits per heavy atom. The van der Waals surface area contributed by atoms with E-state index < -0.39 is 0 Å². The molecule has 3 aromatic carbocycles. The Bertz CT molecular complexity index is 1420. The number of tetrazole rings is 1. The van der Waals surface area contributed by atoms with Crippen LogP contribution in [0.15, 0.2) is 54.6 Å². The fourth-order valence-corrected chi connectivity index (χ4v) is 5.98. The number of benzene rings is 3. The van der Waals surface area contributed by atoms with E-state index in [9.17, 15) is 4.79 Å². The molecule has 0 spiro atoms. The maximum atomic E-state index is 13.3. The Morgan fingerprint density at radius 2 is 1.69 bits per heavy atom. The molecule has 2 aliphatic rings. The van der Waals surface area contributed by atoms with Crippen LogP contribution < -0.4 is 4.74 Å². The van der Waals surface area contributed by atoms with E-state index in [0.717, 1.165) is 51.1 Å².